The van der Waals surface area contributed by atoms with Crippen molar-refractivity contribution in [3.05, 3.63) is 0 Å². The van der Waals surface area contributed by atoms with Crippen LogP contribution in [0.1, 0.15) is 91.9 Å². The Bertz CT molecular complexity index is 243. The van der Waals surface area contributed by atoms with Gasteiger partial charge in [-0.1, -0.05) is 79.1 Å². The van der Waals surface area contributed by atoms with Crippen molar-refractivity contribution < 1.29 is 14.6 Å². The Hall–Kier alpha value is -0.120. The summed E-state index contributed by atoms with van der Waals surface area (Å²) in [6.45, 7) is 11.2. The lowest BCUT2D eigenvalue weighted by Gasteiger charge is -2.17. The lowest BCUT2D eigenvalue weighted by molar-refractivity contribution is -0.0449. The first kappa shape index (κ1) is 23.9. The van der Waals surface area contributed by atoms with E-state index in [2.05, 4.69) is 27.7 Å². The Balaban J connectivity index is 3.47. The van der Waals surface area contributed by atoms with E-state index < -0.39 is 0 Å². The van der Waals surface area contributed by atoms with Crippen molar-refractivity contribution in [2.75, 3.05) is 26.4 Å². The van der Waals surface area contributed by atoms with Crippen molar-refractivity contribution in [2.45, 2.75) is 98.0 Å². The number of aliphatic hydroxyl groups excluding tert-OH is 1. The Kier molecular flexibility index (Phi) is 17.6. The standard InChI is InChI=1S/C21H44O3/c1-5-6-7-8-9-10-15-24-21(17-22)18-23-16-14-20(4)13-11-12-19(2)3/h19-22H,5-18H2,1-4H3/t20-,21-/m1/s1. The van der Waals surface area contributed by atoms with Gasteiger partial charge in [0.1, 0.15) is 6.10 Å². The third kappa shape index (κ3) is 16.7. The van der Waals surface area contributed by atoms with Crippen molar-refractivity contribution in [3.8, 4) is 0 Å². The smallest absolute Gasteiger partial charge is 0.104 e. The molecule has 0 radical (unpaired) electrons. The van der Waals surface area contributed by atoms with E-state index in [0.29, 0.717) is 6.61 Å². The summed E-state index contributed by atoms with van der Waals surface area (Å²) in [5.74, 6) is 1.53. The summed E-state index contributed by atoms with van der Waals surface area (Å²) < 4.78 is 11.4. The maximum absolute atomic E-state index is 9.37. The molecule has 3 heteroatoms. The number of rotatable bonds is 18. The van der Waals surface area contributed by atoms with Gasteiger partial charge in [0.25, 0.3) is 0 Å². The van der Waals surface area contributed by atoms with Gasteiger partial charge in [-0.3, -0.25) is 0 Å². The molecular formula is C21H44O3. The molecule has 0 heterocycles. The Morgan fingerprint density at radius 3 is 2.17 bits per heavy atom. The van der Waals surface area contributed by atoms with Crippen LogP contribution in [-0.2, 0) is 9.47 Å². The van der Waals surface area contributed by atoms with Gasteiger partial charge in [-0.15, -0.1) is 0 Å². The molecule has 0 amide bonds. The molecule has 0 aliphatic heterocycles. The van der Waals surface area contributed by atoms with Crippen LogP contribution < -0.4 is 0 Å². The molecule has 2 atom stereocenters. The van der Waals surface area contributed by atoms with E-state index in [-0.39, 0.29) is 12.7 Å². The quantitative estimate of drug-likeness (QED) is 0.329. The van der Waals surface area contributed by atoms with Crippen molar-refractivity contribution in [1.29, 1.82) is 0 Å². The molecule has 0 aliphatic carbocycles. The molecule has 3 nitrogen and oxygen atoms in total. The second-order valence-corrected chi connectivity index (χ2v) is 7.74. The summed E-state index contributed by atoms with van der Waals surface area (Å²) in [4.78, 5) is 0. The third-order valence-electron chi connectivity index (χ3n) is 4.59. The van der Waals surface area contributed by atoms with Crippen LogP contribution in [0.5, 0.6) is 0 Å². The molecular weight excluding hydrogens is 300 g/mol. The van der Waals surface area contributed by atoms with Gasteiger partial charge in [0, 0.05) is 13.2 Å². The van der Waals surface area contributed by atoms with E-state index in [1.54, 1.807) is 0 Å². The number of unbranched alkanes of at least 4 members (excludes halogenated alkanes) is 5. The molecule has 0 unspecified atom stereocenters. The minimum atomic E-state index is -0.156. The maximum atomic E-state index is 9.37. The average molecular weight is 345 g/mol. The predicted molar refractivity (Wildman–Crippen MR) is 103 cm³/mol. The summed E-state index contributed by atoms with van der Waals surface area (Å²) in [6.07, 6.45) is 12.5. The molecule has 0 saturated carbocycles. The fourth-order valence-corrected chi connectivity index (χ4v) is 2.80. The SMILES string of the molecule is CCCCCCCCO[C@H](CO)COCC[C@H](C)CCCC(C)C. The number of hydrogen-bond donors (Lipinski definition) is 1. The minimum absolute atomic E-state index is 0.0553. The number of ether oxygens (including phenoxy) is 2. The van der Waals surface area contributed by atoms with Gasteiger partial charge in [0.15, 0.2) is 0 Å². The van der Waals surface area contributed by atoms with Crippen molar-refractivity contribution in [1.82, 2.24) is 0 Å². The molecule has 0 bridgehead atoms. The number of hydrogen-bond acceptors (Lipinski definition) is 3. The van der Waals surface area contributed by atoms with Gasteiger partial charge in [0.05, 0.1) is 13.2 Å². The van der Waals surface area contributed by atoms with Gasteiger partial charge in [-0.2, -0.15) is 0 Å². The van der Waals surface area contributed by atoms with Gasteiger partial charge >= 0.3 is 0 Å². The Morgan fingerprint density at radius 1 is 0.792 bits per heavy atom. The first-order valence-corrected chi connectivity index (χ1v) is 10.4. The predicted octanol–water partition coefficient (Wildman–Crippen LogP) is 5.59. The topological polar surface area (TPSA) is 38.7 Å². The molecule has 1 N–H and O–H groups in total. The first-order chi connectivity index (χ1) is 11.6. The van der Waals surface area contributed by atoms with Crippen LogP contribution in [0.25, 0.3) is 0 Å². The summed E-state index contributed by atoms with van der Waals surface area (Å²) in [5.41, 5.74) is 0. The molecule has 0 aromatic rings. The van der Waals surface area contributed by atoms with Crippen molar-refractivity contribution >= 4 is 0 Å². The lowest BCUT2D eigenvalue weighted by Crippen LogP contribution is -2.25. The fourth-order valence-electron chi connectivity index (χ4n) is 2.80. The Morgan fingerprint density at radius 2 is 1.50 bits per heavy atom. The average Bonchev–Trinajstić information content (AvgIpc) is 2.55. The molecule has 0 saturated heterocycles. The zero-order chi connectivity index (χ0) is 18.0. The largest absolute Gasteiger partial charge is 0.394 e. The van der Waals surface area contributed by atoms with E-state index in [9.17, 15) is 5.11 Å². The van der Waals surface area contributed by atoms with Gasteiger partial charge in [-0.05, 0) is 24.7 Å². The molecule has 0 aromatic heterocycles. The maximum Gasteiger partial charge on any atom is 0.104 e. The first-order valence-electron chi connectivity index (χ1n) is 10.4. The zero-order valence-corrected chi connectivity index (χ0v) is 16.9. The summed E-state index contributed by atoms with van der Waals surface area (Å²) >= 11 is 0. The van der Waals surface area contributed by atoms with Gasteiger partial charge in [0.2, 0.25) is 0 Å². The van der Waals surface area contributed by atoms with Crippen LogP contribution in [0, 0.1) is 11.8 Å². The highest BCUT2D eigenvalue weighted by atomic mass is 16.5. The van der Waals surface area contributed by atoms with Crippen LogP contribution in [0.4, 0.5) is 0 Å². The fraction of sp³-hybridized carbons (Fsp3) is 1.00. The minimum Gasteiger partial charge on any atom is -0.394 e. The molecule has 0 fully saturated rings. The van der Waals surface area contributed by atoms with Crippen LogP contribution in [-0.4, -0.2) is 37.6 Å². The van der Waals surface area contributed by atoms with Crippen LogP contribution >= 0.6 is 0 Å². The highest BCUT2D eigenvalue weighted by Gasteiger charge is 2.09. The van der Waals surface area contributed by atoms with Crippen molar-refractivity contribution in [2.24, 2.45) is 11.8 Å². The second kappa shape index (κ2) is 17.7. The van der Waals surface area contributed by atoms with Crippen LogP contribution in [0.15, 0.2) is 0 Å². The summed E-state index contributed by atoms with van der Waals surface area (Å²) in [5, 5.41) is 9.37. The van der Waals surface area contributed by atoms with Crippen molar-refractivity contribution in [3.63, 3.8) is 0 Å². The normalized spacial score (nSPS) is 14.2. The highest BCUT2D eigenvalue weighted by molar-refractivity contribution is 4.57. The number of aliphatic hydroxyl groups is 1. The van der Waals surface area contributed by atoms with E-state index in [1.807, 2.05) is 0 Å². The van der Waals surface area contributed by atoms with Gasteiger partial charge in [-0.25, -0.2) is 0 Å². The van der Waals surface area contributed by atoms with E-state index in [1.165, 1.54) is 51.4 Å². The van der Waals surface area contributed by atoms with E-state index in [0.717, 1.165) is 37.9 Å². The van der Waals surface area contributed by atoms with Crippen LogP contribution in [0.3, 0.4) is 0 Å². The molecule has 0 aromatic carbocycles. The second-order valence-electron chi connectivity index (χ2n) is 7.74. The zero-order valence-electron chi connectivity index (χ0n) is 16.9. The molecule has 0 spiro atoms. The molecule has 0 rings (SSSR count). The molecule has 146 valence electrons. The summed E-state index contributed by atoms with van der Waals surface area (Å²) in [6, 6.07) is 0. The van der Waals surface area contributed by atoms with Gasteiger partial charge < -0.3 is 14.6 Å². The molecule has 24 heavy (non-hydrogen) atoms. The summed E-state index contributed by atoms with van der Waals surface area (Å²) in [7, 11) is 0. The third-order valence-corrected chi connectivity index (χ3v) is 4.59. The Labute approximate surface area is 151 Å². The lowest BCUT2D eigenvalue weighted by atomic mass is 9.98. The van der Waals surface area contributed by atoms with E-state index >= 15 is 0 Å². The van der Waals surface area contributed by atoms with E-state index in [4.69, 9.17) is 9.47 Å². The highest BCUT2D eigenvalue weighted by Crippen LogP contribution is 2.15. The van der Waals surface area contributed by atoms with Crippen LogP contribution in [0.2, 0.25) is 0 Å². The molecule has 0 aliphatic rings. The monoisotopic (exact) mass is 344 g/mol.